The fourth-order valence-electron chi connectivity index (χ4n) is 2.65. The van der Waals surface area contributed by atoms with Crippen LogP contribution >= 0.6 is 12.4 Å². The number of aromatic nitrogens is 2. The van der Waals surface area contributed by atoms with Crippen LogP contribution in [0.4, 0.5) is 18.9 Å². The van der Waals surface area contributed by atoms with Crippen LogP contribution in [0.25, 0.3) is 16.9 Å². The van der Waals surface area contributed by atoms with E-state index in [1.807, 2.05) is 0 Å². The molecule has 11 heteroatoms. The van der Waals surface area contributed by atoms with Crippen LogP contribution in [0.2, 0.25) is 0 Å². The molecule has 29 heavy (non-hydrogen) atoms. The summed E-state index contributed by atoms with van der Waals surface area (Å²) in [5.41, 5.74) is 5.83. The first-order valence-electron chi connectivity index (χ1n) is 7.92. The van der Waals surface area contributed by atoms with E-state index in [2.05, 4.69) is 5.10 Å². The van der Waals surface area contributed by atoms with Crippen molar-refractivity contribution in [2.75, 3.05) is 19.1 Å². The number of methoxy groups -OCH3 is 1. The molecule has 0 aliphatic heterocycles. The molecule has 0 saturated carbocycles. The molecule has 1 heterocycles. The highest BCUT2D eigenvalue weighted by Gasteiger charge is 2.35. The number of hydrogen-bond acceptors (Lipinski definition) is 5. The Morgan fingerprint density at radius 3 is 2.17 bits per heavy atom. The van der Waals surface area contributed by atoms with Gasteiger partial charge in [0.2, 0.25) is 0 Å². The number of hydrogen-bond donors (Lipinski definition) is 1. The van der Waals surface area contributed by atoms with Crippen molar-refractivity contribution in [2.24, 2.45) is 0 Å². The monoisotopic (exact) mass is 447 g/mol. The van der Waals surface area contributed by atoms with E-state index >= 15 is 0 Å². The van der Waals surface area contributed by atoms with Gasteiger partial charge >= 0.3 is 6.18 Å². The molecule has 0 bridgehead atoms. The number of ether oxygens (including phenoxy) is 1. The number of halogens is 4. The number of nitrogens with zero attached hydrogens (tertiary/aromatic N) is 2. The fourth-order valence-corrected chi connectivity index (χ4v) is 3.28. The smallest absolute Gasteiger partial charge is 0.435 e. The molecular formula is C18H17ClF3N3O3S. The molecule has 0 aliphatic rings. The average Bonchev–Trinajstić information content (AvgIpc) is 3.07. The maximum Gasteiger partial charge on any atom is 0.435 e. The van der Waals surface area contributed by atoms with Crippen molar-refractivity contribution >= 4 is 27.9 Å². The molecule has 2 aromatic carbocycles. The van der Waals surface area contributed by atoms with Gasteiger partial charge in [0.05, 0.1) is 29.1 Å². The molecule has 0 atom stereocenters. The Bertz CT molecular complexity index is 1130. The van der Waals surface area contributed by atoms with Crippen LogP contribution in [0.1, 0.15) is 5.69 Å². The SMILES string of the molecule is COc1ccc(-n2nc(C(F)(F)F)cc2-c2ccc(S(C)(=O)=O)cc2)cc1N.Cl. The van der Waals surface area contributed by atoms with Crippen LogP contribution in [0.5, 0.6) is 5.75 Å². The van der Waals surface area contributed by atoms with E-state index in [-0.39, 0.29) is 28.7 Å². The topological polar surface area (TPSA) is 87.2 Å². The van der Waals surface area contributed by atoms with E-state index in [4.69, 9.17) is 10.5 Å². The minimum Gasteiger partial charge on any atom is -0.495 e. The lowest BCUT2D eigenvalue weighted by Crippen LogP contribution is -2.07. The molecule has 3 rings (SSSR count). The van der Waals surface area contributed by atoms with Crippen LogP contribution in [-0.2, 0) is 16.0 Å². The van der Waals surface area contributed by atoms with Gasteiger partial charge in [-0.1, -0.05) is 12.1 Å². The number of benzene rings is 2. The zero-order valence-electron chi connectivity index (χ0n) is 15.3. The first-order valence-corrected chi connectivity index (χ1v) is 9.81. The van der Waals surface area contributed by atoms with Gasteiger partial charge < -0.3 is 10.5 Å². The predicted octanol–water partition coefficient (Wildman–Crippen LogP) is 3.97. The Labute approximate surface area is 171 Å². The summed E-state index contributed by atoms with van der Waals surface area (Å²) in [6.45, 7) is 0. The molecule has 0 amide bonds. The van der Waals surface area contributed by atoms with Crippen molar-refractivity contribution in [1.82, 2.24) is 9.78 Å². The molecule has 0 saturated heterocycles. The number of rotatable bonds is 4. The van der Waals surface area contributed by atoms with Gasteiger partial charge in [-0.2, -0.15) is 18.3 Å². The van der Waals surface area contributed by atoms with Gasteiger partial charge in [-0.3, -0.25) is 0 Å². The minimum atomic E-state index is -4.65. The molecule has 0 radical (unpaired) electrons. The third kappa shape index (κ3) is 4.65. The molecule has 6 nitrogen and oxygen atoms in total. The van der Waals surface area contributed by atoms with Gasteiger partial charge in [-0.25, -0.2) is 13.1 Å². The molecule has 1 aromatic heterocycles. The quantitative estimate of drug-likeness (QED) is 0.611. The number of alkyl halides is 3. The lowest BCUT2D eigenvalue weighted by Gasteiger charge is -2.11. The Balaban J connectivity index is 0.00000300. The lowest BCUT2D eigenvalue weighted by molar-refractivity contribution is -0.141. The van der Waals surface area contributed by atoms with Gasteiger partial charge in [0.25, 0.3) is 0 Å². The standard InChI is InChI=1S/C18H16F3N3O3S.ClH/c1-27-16-8-5-12(9-14(16)22)24-15(10-17(23-24)18(19,20)21)11-3-6-13(7-4-11)28(2,25)26;/h3-10H,22H2,1-2H3;1H. The van der Waals surface area contributed by atoms with Crippen molar-refractivity contribution in [3.8, 4) is 22.7 Å². The van der Waals surface area contributed by atoms with Gasteiger partial charge in [0, 0.05) is 11.8 Å². The number of nitrogens with two attached hydrogens (primary N) is 1. The molecule has 2 N–H and O–H groups in total. The highest BCUT2D eigenvalue weighted by molar-refractivity contribution is 7.90. The maximum atomic E-state index is 13.2. The normalized spacial score (nSPS) is 11.8. The molecule has 0 aliphatic carbocycles. The minimum absolute atomic E-state index is 0. The van der Waals surface area contributed by atoms with Crippen molar-refractivity contribution < 1.29 is 26.3 Å². The zero-order valence-corrected chi connectivity index (χ0v) is 16.9. The average molecular weight is 448 g/mol. The second kappa shape index (κ2) is 7.96. The van der Waals surface area contributed by atoms with Crippen molar-refractivity contribution in [1.29, 1.82) is 0 Å². The summed E-state index contributed by atoms with van der Waals surface area (Å²) >= 11 is 0. The van der Waals surface area contributed by atoms with Crippen LogP contribution in [0.3, 0.4) is 0 Å². The van der Waals surface area contributed by atoms with E-state index in [9.17, 15) is 21.6 Å². The molecule has 3 aromatic rings. The first kappa shape index (κ1) is 22.6. The molecule has 0 spiro atoms. The van der Waals surface area contributed by atoms with Gasteiger partial charge in [0.15, 0.2) is 15.5 Å². The van der Waals surface area contributed by atoms with E-state index in [0.717, 1.165) is 17.0 Å². The first-order chi connectivity index (χ1) is 13.0. The van der Waals surface area contributed by atoms with Crippen LogP contribution < -0.4 is 10.5 Å². The van der Waals surface area contributed by atoms with E-state index in [0.29, 0.717) is 17.0 Å². The lowest BCUT2D eigenvalue weighted by atomic mass is 10.1. The highest BCUT2D eigenvalue weighted by Crippen LogP contribution is 2.34. The second-order valence-electron chi connectivity index (χ2n) is 6.05. The zero-order chi connectivity index (χ0) is 20.7. The third-order valence-electron chi connectivity index (χ3n) is 4.04. The number of anilines is 1. The summed E-state index contributed by atoms with van der Waals surface area (Å²) in [6.07, 6.45) is -3.60. The highest BCUT2D eigenvalue weighted by atomic mass is 35.5. The summed E-state index contributed by atoms with van der Waals surface area (Å²) in [5.74, 6) is 0.381. The van der Waals surface area contributed by atoms with E-state index in [1.165, 1.54) is 49.6 Å². The van der Waals surface area contributed by atoms with Crippen molar-refractivity contribution in [3.63, 3.8) is 0 Å². The molecule has 156 valence electrons. The van der Waals surface area contributed by atoms with Crippen molar-refractivity contribution in [2.45, 2.75) is 11.1 Å². The number of nitrogen functional groups attached to an aromatic ring is 1. The van der Waals surface area contributed by atoms with E-state index in [1.54, 1.807) is 0 Å². The van der Waals surface area contributed by atoms with Gasteiger partial charge in [-0.15, -0.1) is 12.4 Å². The van der Waals surface area contributed by atoms with Gasteiger partial charge in [-0.05, 0) is 36.4 Å². The summed E-state index contributed by atoms with van der Waals surface area (Å²) in [4.78, 5) is 0.0621. The molecular weight excluding hydrogens is 431 g/mol. The predicted molar refractivity (Wildman–Crippen MR) is 105 cm³/mol. The van der Waals surface area contributed by atoms with Crippen LogP contribution in [0.15, 0.2) is 53.4 Å². The maximum absolute atomic E-state index is 13.2. The van der Waals surface area contributed by atoms with Crippen LogP contribution in [0, 0.1) is 0 Å². The second-order valence-corrected chi connectivity index (χ2v) is 8.06. The van der Waals surface area contributed by atoms with Crippen molar-refractivity contribution in [3.05, 3.63) is 54.2 Å². The summed E-state index contributed by atoms with van der Waals surface area (Å²) in [6, 6.07) is 10.9. The molecule has 0 unspecified atom stereocenters. The Morgan fingerprint density at radius 2 is 1.69 bits per heavy atom. The Hall–Kier alpha value is -2.72. The summed E-state index contributed by atoms with van der Waals surface area (Å²) in [5, 5.41) is 3.67. The number of sulfone groups is 1. The van der Waals surface area contributed by atoms with Crippen LogP contribution in [-0.4, -0.2) is 31.6 Å². The summed E-state index contributed by atoms with van der Waals surface area (Å²) in [7, 11) is -2.00. The fraction of sp³-hybridized carbons (Fsp3) is 0.167. The summed E-state index contributed by atoms with van der Waals surface area (Å²) < 4.78 is 69.1. The Morgan fingerprint density at radius 1 is 1.07 bits per heavy atom. The largest absolute Gasteiger partial charge is 0.495 e. The van der Waals surface area contributed by atoms with E-state index < -0.39 is 21.7 Å². The Kier molecular flexibility index (Phi) is 6.19. The van der Waals surface area contributed by atoms with Gasteiger partial charge in [0.1, 0.15) is 5.75 Å². The molecule has 0 fully saturated rings. The third-order valence-corrected chi connectivity index (χ3v) is 5.16.